The fourth-order valence-electron chi connectivity index (χ4n) is 4.33. The molecule has 0 fully saturated rings. The van der Waals surface area contributed by atoms with Gasteiger partial charge in [-0.3, -0.25) is 9.20 Å². The zero-order valence-corrected chi connectivity index (χ0v) is 17.1. The zero-order chi connectivity index (χ0) is 22.5. The van der Waals surface area contributed by atoms with Crippen molar-refractivity contribution in [2.75, 3.05) is 0 Å². The van der Waals surface area contributed by atoms with Crippen LogP contribution >= 0.6 is 0 Å². The first-order chi connectivity index (χ1) is 15.4. The van der Waals surface area contributed by atoms with E-state index in [1.54, 1.807) is 47.0 Å². The highest BCUT2D eigenvalue weighted by atomic mass is 19.4. The van der Waals surface area contributed by atoms with Crippen molar-refractivity contribution in [3.63, 3.8) is 0 Å². The normalized spacial score (nSPS) is 11.9. The monoisotopic (exact) mass is 429 g/mol. The number of halogens is 3. The molecule has 0 atom stereocenters. The maximum Gasteiger partial charge on any atom is 0.417 e. The van der Waals surface area contributed by atoms with Crippen molar-refractivity contribution >= 4 is 16.3 Å². The third kappa shape index (κ3) is 3.17. The lowest BCUT2D eigenvalue weighted by molar-refractivity contribution is -0.137. The number of hydrogen-bond donors (Lipinski definition) is 0. The Kier molecular flexibility index (Phi) is 4.63. The number of alkyl halides is 3. The number of fused-ring (bicyclic) bond motifs is 3. The molecule has 0 aliphatic rings. The lowest BCUT2D eigenvalue weighted by atomic mass is 9.91. The standard InChI is InChI=1S/C27H18F3NO/c1-17-16-31-24(21-13-6-5-11-19(17)21)15-22(20-12-7-8-14-23(20)27(28,29)30)25(26(31)32)18-9-3-2-4-10-18/h2-16H,1H3. The van der Waals surface area contributed by atoms with Gasteiger partial charge < -0.3 is 0 Å². The van der Waals surface area contributed by atoms with Crippen LogP contribution in [0.3, 0.4) is 0 Å². The molecular formula is C27H18F3NO. The molecule has 0 saturated carbocycles. The predicted molar refractivity (Wildman–Crippen MR) is 122 cm³/mol. The van der Waals surface area contributed by atoms with E-state index in [0.717, 1.165) is 22.4 Å². The van der Waals surface area contributed by atoms with Crippen LogP contribution in [0.4, 0.5) is 13.2 Å². The number of nitrogens with zero attached hydrogens (tertiary/aromatic N) is 1. The molecule has 0 aliphatic heterocycles. The second-order valence-electron chi connectivity index (χ2n) is 7.76. The molecule has 0 bridgehead atoms. The summed E-state index contributed by atoms with van der Waals surface area (Å²) in [5, 5.41) is 1.77. The van der Waals surface area contributed by atoms with E-state index in [9.17, 15) is 18.0 Å². The molecule has 5 rings (SSSR count). The number of aromatic nitrogens is 1. The number of benzene rings is 3. The molecule has 0 spiro atoms. The first kappa shape index (κ1) is 20.1. The minimum absolute atomic E-state index is 0.0110. The van der Waals surface area contributed by atoms with Crippen molar-refractivity contribution < 1.29 is 13.2 Å². The molecule has 0 amide bonds. The van der Waals surface area contributed by atoms with Crippen LogP contribution in [-0.2, 0) is 6.18 Å². The molecule has 5 aromatic rings. The van der Waals surface area contributed by atoms with E-state index in [-0.39, 0.29) is 22.2 Å². The van der Waals surface area contributed by atoms with E-state index >= 15 is 0 Å². The van der Waals surface area contributed by atoms with Gasteiger partial charge in [0.05, 0.1) is 16.6 Å². The van der Waals surface area contributed by atoms with Crippen molar-refractivity contribution in [3.8, 4) is 22.3 Å². The van der Waals surface area contributed by atoms with Crippen LogP contribution in [0.2, 0.25) is 0 Å². The molecule has 0 N–H and O–H groups in total. The number of hydrogen-bond acceptors (Lipinski definition) is 1. The quantitative estimate of drug-likeness (QED) is 0.274. The Morgan fingerprint density at radius 3 is 2.09 bits per heavy atom. The second kappa shape index (κ2) is 7.38. The van der Waals surface area contributed by atoms with E-state index in [0.29, 0.717) is 11.1 Å². The summed E-state index contributed by atoms with van der Waals surface area (Å²) < 4.78 is 43.3. The molecular weight excluding hydrogens is 411 g/mol. The predicted octanol–water partition coefficient (Wildman–Crippen LogP) is 7.11. The average molecular weight is 429 g/mol. The van der Waals surface area contributed by atoms with Gasteiger partial charge in [0.15, 0.2) is 0 Å². The van der Waals surface area contributed by atoms with Crippen molar-refractivity contribution in [3.05, 3.63) is 113 Å². The summed E-state index contributed by atoms with van der Waals surface area (Å²) in [6.07, 6.45) is -2.79. The van der Waals surface area contributed by atoms with E-state index in [2.05, 4.69) is 0 Å². The molecule has 0 saturated heterocycles. The van der Waals surface area contributed by atoms with Gasteiger partial charge in [0.1, 0.15) is 0 Å². The van der Waals surface area contributed by atoms with E-state index in [4.69, 9.17) is 0 Å². The van der Waals surface area contributed by atoms with Crippen LogP contribution in [0, 0.1) is 6.92 Å². The smallest absolute Gasteiger partial charge is 0.283 e. The maximum absolute atomic E-state index is 13.9. The molecule has 3 aromatic carbocycles. The highest BCUT2D eigenvalue weighted by molar-refractivity contribution is 6.00. The summed E-state index contributed by atoms with van der Waals surface area (Å²) >= 11 is 0. The second-order valence-corrected chi connectivity index (χ2v) is 7.76. The van der Waals surface area contributed by atoms with Crippen molar-refractivity contribution in [1.82, 2.24) is 4.40 Å². The van der Waals surface area contributed by atoms with Crippen LogP contribution in [0.15, 0.2) is 95.9 Å². The van der Waals surface area contributed by atoms with Crippen molar-refractivity contribution in [2.24, 2.45) is 0 Å². The first-order valence-corrected chi connectivity index (χ1v) is 10.2. The van der Waals surface area contributed by atoms with Crippen LogP contribution < -0.4 is 5.56 Å². The van der Waals surface area contributed by atoms with Gasteiger partial charge in [-0.2, -0.15) is 13.2 Å². The van der Waals surface area contributed by atoms with Crippen LogP contribution in [-0.4, -0.2) is 4.40 Å². The zero-order valence-electron chi connectivity index (χ0n) is 17.1. The largest absolute Gasteiger partial charge is 0.417 e. The Labute approximate surface area is 182 Å². The molecule has 5 heteroatoms. The summed E-state index contributed by atoms with van der Waals surface area (Å²) in [5.74, 6) is 0. The Balaban J connectivity index is 2.00. The third-order valence-corrected chi connectivity index (χ3v) is 5.78. The average Bonchev–Trinajstić information content (AvgIpc) is 2.80. The van der Waals surface area contributed by atoms with Gasteiger partial charge >= 0.3 is 6.18 Å². The van der Waals surface area contributed by atoms with Gasteiger partial charge in [-0.25, -0.2) is 0 Å². The highest BCUT2D eigenvalue weighted by Crippen LogP contribution is 2.40. The Bertz CT molecular complexity index is 1530. The van der Waals surface area contributed by atoms with E-state index < -0.39 is 11.7 Å². The van der Waals surface area contributed by atoms with Crippen LogP contribution in [0.1, 0.15) is 11.1 Å². The van der Waals surface area contributed by atoms with Crippen molar-refractivity contribution in [1.29, 1.82) is 0 Å². The Morgan fingerprint density at radius 1 is 0.750 bits per heavy atom. The lowest BCUT2D eigenvalue weighted by Crippen LogP contribution is -2.18. The van der Waals surface area contributed by atoms with E-state index in [1.165, 1.54) is 12.1 Å². The maximum atomic E-state index is 13.9. The Morgan fingerprint density at radius 2 is 1.38 bits per heavy atom. The van der Waals surface area contributed by atoms with Crippen LogP contribution in [0.5, 0.6) is 0 Å². The molecule has 32 heavy (non-hydrogen) atoms. The Hall–Kier alpha value is -3.86. The number of pyridine rings is 2. The number of aryl methyl sites for hydroxylation is 1. The van der Waals surface area contributed by atoms with Crippen LogP contribution in [0.25, 0.3) is 38.5 Å². The number of rotatable bonds is 2. The molecule has 0 radical (unpaired) electrons. The molecule has 2 nitrogen and oxygen atoms in total. The molecule has 158 valence electrons. The van der Waals surface area contributed by atoms with Gasteiger partial charge in [-0.15, -0.1) is 0 Å². The van der Waals surface area contributed by atoms with Crippen molar-refractivity contribution in [2.45, 2.75) is 13.1 Å². The fraction of sp³-hybridized carbons (Fsp3) is 0.0741. The molecule has 0 aliphatic carbocycles. The fourth-order valence-corrected chi connectivity index (χ4v) is 4.33. The lowest BCUT2D eigenvalue weighted by Gasteiger charge is -2.18. The molecule has 2 aromatic heterocycles. The summed E-state index contributed by atoms with van der Waals surface area (Å²) in [6, 6.07) is 23.6. The first-order valence-electron chi connectivity index (χ1n) is 10.2. The highest BCUT2D eigenvalue weighted by Gasteiger charge is 2.34. The molecule has 2 heterocycles. The van der Waals surface area contributed by atoms with Gasteiger partial charge in [0.25, 0.3) is 5.56 Å². The summed E-state index contributed by atoms with van der Waals surface area (Å²) in [6.45, 7) is 1.92. The molecule has 0 unspecified atom stereocenters. The summed E-state index contributed by atoms with van der Waals surface area (Å²) in [4.78, 5) is 13.8. The minimum atomic E-state index is -4.55. The van der Waals surface area contributed by atoms with Gasteiger partial charge in [-0.05, 0) is 46.7 Å². The minimum Gasteiger partial charge on any atom is -0.283 e. The summed E-state index contributed by atoms with van der Waals surface area (Å²) in [7, 11) is 0. The topological polar surface area (TPSA) is 21.5 Å². The summed E-state index contributed by atoms with van der Waals surface area (Å²) in [5.41, 5.74) is 1.44. The van der Waals surface area contributed by atoms with Gasteiger partial charge in [-0.1, -0.05) is 72.8 Å². The third-order valence-electron chi connectivity index (χ3n) is 5.78. The SMILES string of the molecule is Cc1cn2c(=O)c(-c3ccccc3)c(-c3ccccc3C(F)(F)F)cc2c2ccccc12. The van der Waals surface area contributed by atoms with E-state index in [1.807, 2.05) is 37.3 Å². The van der Waals surface area contributed by atoms with Gasteiger partial charge in [0, 0.05) is 11.6 Å². The van der Waals surface area contributed by atoms with Gasteiger partial charge in [0.2, 0.25) is 0 Å².